The molecule has 1 N–H and O–H groups in total. The van der Waals surface area contributed by atoms with Crippen LogP contribution in [0.5, 0.6) is 0 Å². The van der Waals surface area contributed by atoms with E-state index in [1.807, 2.05) is 11.3 Å². The number of hydrogen-bond acceptors (Lipinski definition) is 2. The van der Waals surface area contributed by atoms with Crippen molar-refractivity contribution in [2.75, 3.05) is 6.54 Å². The van der Waals surface area contributed by atoms with Crippen LogP contribution >= 0.6 is 11.3 Å². The lowest BCUT2D eigenvalue weighted by atomic mass is 9.87. The number of thiophene rings is 1. The lowest BCUT2D eigenvalue weighted by molar-refractivity contribution is 0.316. The van der Waals surface area contributed by atoms with E-state index in [-0.39, 0.29) is 0 Å². The zero-order chi connectivity index (χ0) is 12.3. The monoisotopic (exact) mass is 239 g/mol. The van der Waals surface area contributed by atoms with Crippen LogP contribution in [0, 0.1) is 19.3 Å². The summed E-state index contributed by atoms with van der Waals surface area (Å²) in [6, 6.07) is 2.82. The normalized spacial score (nSPS) is 14.1. The van der Waals surface area contributed by atoms with Crippen LogP contribution in [0.4, 0.5) is 0 Å². The van der Waals surface area contributed by atoms with Gasteiger partial charge in [-0.3, -0.25) is 0 Å². The van der Waals surface area contributed by atoms with Crippen LogP contribution in [0.2, 0.25) is 0 Å². The van der Waals surface area contributed by atoms with E-state index in [1.54, 1.807) is 0 Å². The van der Waals surface area contributed by atoms with Crippen molar-refractivity contribution in [3.8, 4) is 0 Å². The summed E-state index contributed by atoms with van der Waals surface area (Å²) >= 11 is 1.94. The summed E-state index contributed by atoms with van der Waals surface area (Å²) in [5.74, 6) is 0. The Balaban J connectivity index is 2.89. The van der Waals surface area contributed by atoms with Crippen molar-refractivity contribution in [2.24, 2.45) is 5.41 Å². The first-order chi connectivity index (χ1) is 7.33. The number of hydrogen-bond donors (Lipinski definition) is 1. The van der Waals surface area contributed by atoms with E-state index >= 15 is 0 Å². The number of aryl methyl sites for hydroxylation is 2. The van der Waals surface area contributed by atoms with Gasteiger partial charge in [-0.15, -0.1) is 11.3 Å². The van der Waals surface area contributed by atoms with Crippen LogP contribution in [0.3, 0.4) is 0 Å². The summed E-state index contributed by atoms with van der Waals surface area (Å²) < 4.78 is 0. The number of nitrogens with one attached hydrogen (secondary N) is 1. The van der Waals surface area contributed by atoms with Gasteiger partial charge in [-0.05, 0) is 43.9 Å². The molecule has 1 nitrogen and oxygen atoms in total. The summed E-state index contributed by atoms with van der Waals surface area (Å²) in [4.78, 5) is 2.94. The molecule has 0 saturated heterocycles. The average Bonchev–Trinajstić information content (AvgIpc) is 2.42. The molecule has 0 amide bonds. The molecule has 1 aromatic heterocycles. The molecular formula is C14H25NS. The average molecular weight is 239 g/mol. The first kappa shape index (κ1) is 13.7. The molecule has 0 bridgehead atoms. The predicted molar refractivity (Wildman–Crippen MR) is 74.3 cm³/mol. The second-order valence-electron chi connectivity index (χ2n) is 5.78. The zero-order valence-corrected chi connectivity index (χ0v) is 12.3. The smallest absolute Gasteiger partial charge is 0.0422 e. The Bertz CT molecular complexity index is 333. The highest BCUT2D eigenvalue weighted by atomic mass is 32.1. The maximum Gasteiger partial charge on any atom is 0.0422 e. The fraction of sp³-hybridized carbons (Fsp3) is 0.714. The SMILES string of the molecule is CCNC(CC(C)(C)C)c1sc(C)cc1C. The van der Waals surface area contributed by atoms with E-state index in [9.17, 15) is 0 Å². The van der Waals surface area contributed by atoms with E-state index in [1.165, 1.54) is 21.7 Å². The van der Waals surface area contributed by atoms with Crippen molar-refractivity contribution in [1.29, 1.82) is 0 Å². The van der Waals surface area contributed by atoms with Crippen molar-refractivity contribution in [2.45, 2.75) is 54.0 Å². The minimum Gasteiger partial charge on any atom is -0.309 e. The van der Waals surface area contributed by atoms with Crippen LogP contribution < -0.4 is 5.32 Å². The van der Waals surface area contributed by atoms with Crippen molar-refractivity contribution in [3.05, 3.63) is 21.4 Å². The predicted octanol–water partition coefficient (Wildman–Crippen LogP) is 4.45. The van der Waals surface area contributed by atoms with Gasteiger partial charge in [0.05, 0.1) is 0 Å². The van der Waals surface area contributed by atoms with Crippen LogP contribution in [0.25, 0.3) is 0 Å². The molecule has 0 aromatic carbocycles. The quantitative estimate of drug-likeness (QED) is 0.818. The molecule has 0 aliphatic heterocycles. The van der Waals surface area contributed by atoms with Gasteiger partial charge in [0.25, 0.3) is 0 Å². The topological polar surface area (TPSA) is 12.0 Å². The molecule has 0 saturated carbocycles. The first-order valence-corrected chi connectivity index (χ1v) is 6.95. The van der Waals surface area contributed by atoms with Gasteiger partial charge < -0.3 is 5.32 Å². The van der Waals surface area contributed by atoms with Gasteiger partial charge >= 0.3 is 0 Å². The molecule has 16 heavy (non-hydrogen) atoms. The maximum atomic E-state index is 3.62. The van der Waals surface area contributed by atoms with Gasteiger partial charge in [-0.25, -0.2) is 0 Å². The maximum absolute atomic E-state index is 3.62. The van der Waals surface area contributed by atoms with Crippen LogP contribution in [0.1, 0.15) is 55.5 Å². The molecule has 0 radical (unpaired) electrons. The Morgan fingerprint density at radius 3 is 2.31 bits per heavy atom. The minimum absolute atomic E-state index is 0.372. The molecule has 1 aromatic rings. The first-order valence-electron chi connectivity index (χ1n) is 6.14. The van der Waals surface area contributed by atoms with Crippen molar-refractivity contribution >= 4 is 11.3 Å². The van der Waals surface area contributed by atoms with E-state index in [0.29, 0.717) is 11.5 Å². The highest BCUT2D eigenvalue weighted by molar-refractivity contribution is 7.12. The Hall–Kier alpha value is -0.340. The van der Waals surface area contributed by atoms with Crippen LogP contribution in [0.15, 0.2) is 6.07 Å². The Morgan fingerprint density at radius 1 is 1.31 bits per heavy atom. The van der Waals surface area contributed by atoms with Gasteiger partial charge in [0.1, 0.15) is 0 Å². The second-order valence-corrected chi connectivity index (χ2v) is 7.07. The fourth-order valence-electron chi connectivity index (χ4n) is 2.12. The van der Waals surface area contributed by atoms with E-state index in [0.717, 1.165) is 6.54 Å². The van der Waals surface area contributed by atoms with Crippen molar-refractivity contribution in [1.82, 2.24) is 5.32 Å². The highest BCUT2D eigenvalue weighted by Crippen LogP contribution is 2.35. The highest BCUT2D eigenvalue weighted by Gasteiger charge is 2.22. The van der Waals surface area contributed by atoms with Gasteiger partial charge in [0.15, 0.2) is 0 Å². The van der Waals surface area contributed by atoms with Gasteiger partial charge in [0.2, 0.25) is 0 Å². The largest absolute Gasteiger partial charge is 0.309 e. The number of rotatable bonds is 4. The zero-order valence-electron chi connectivity index (χ0n) is 11.5. The lowest BCUT2D eigenvalue weighted by Gasteiger charge is -2.26. The fourth-order valence-corrected chi connectivity index (χ4v) is 3.23. The second kappa shape index (κ2) is 5.33. The molecule has 2 heteroatoms. The van der Waals surface area contributed by atoms with Gasteiger partial charge in [-0.2, -0.15) is 0 Å². The molecule has 1 atom stereocenters. The van der Waals surface area contributed by atoms with Gasteiger partial charge in [-0.1, -0.05) is 27.7 Å². The molecule has 1 heterocycles. The minimum atomic E-state index is 0.372. The third-order valence-electron chi connectivity index (χ3n) is 2.66. The third-order valence-corrected chi connectivity index (χ3v) is 3.93. The molecule has 1 rings (SSSR count). The van der Waals surface area contributed by atoms with E-state index in [2.05, 4.69) is 52.9 Å². The van der Waals surface area contributed by atoms with Crippen LogP contribution in [-0.2, 0) is 0 Å². The van der Waals surface area contributed by atoms with Crippen molar-refractivity contribution < 1.29 is 0 Å². The molecule has 0 aliphatic rings. The molecular weight excluding hydrogens is 214 g/mol. The molecule has 0 spiro atoms. The van der Waals surface area contributed by atoms with E-state index in [4.69, 9.17) is 0 Å². The summed E-state index contributed by atoms with van der Waals surface area (Å²) in [6.45, 7) is 14.6. The summed E-state index contributed by atoms with van der Waals surface area (Å²) in [5, 5.41) is 3.62. The van der Waals surface area contributed by atoms with Gasteiger partial charge in [0, 0.05) is 15.8 Å². The molecule has 0 fully saturated rings. The standard InChI is InChI=1S/C14H25NS/c1-7-15-12(9-14(4,5)6)13-10(2)8-11(3)16-13/h8,12,15H,7,9H2,1-6H3. The lowest BCUT2D eigenvalue weighted by Crippen LogP contribution is -2.25. The molecule has 0 aliphatic carbocycles. The van der Waals surface area contributed by atoms with Crippen molar-refractivity contribution in [3.63, 3.8) is 0 Å². The molecule has 92 valence electrons. The van der Waals surface area contributed by atoms with Crippen LogP contribution in [-0.4, -0.2) is 6.54 Å². The Labute approximate surface area is 104 Å². The Morgan fingerprint density at radius 2 is 1.94 bits per heavy atom. The molecule has 1 unspecified atom stereocenters. The summed E-state index contributed by atoms with van der Waals surface area (Å²) in [6.07, 6.45) is 1.20. The van der Waals surface area contributed by atoms with E-state index < -0.39 is 0 Å². The third kappa shape index (κ3) is 3.91. The summed E-state index contributed by atoms with van der Waals surface area (Å²) in [5.41, 5.74) is 1.81. The Kier molecular flexibility index (Phi) is 4.57. The summed E-state index contributed by atoms with van der Waals surface area (Å²) in [7, 11) is 0.